The fourth-order valence-electron chi connectivity index (χ4n) is 1.71. The van der Waals surface area contributed by atoms with Crippen LogP contribution in [-0.2, 0) is 10.0 Å². The molecule has 0 radical (unpaired) electrons. The normalized spacial score (nSPS) is 12.7. The van der Waals surface area contributed by atoms with Gasteiger partial charge in [0.2, 0.25) is 0 Å². The third-order valence-electron chi connectivity index (χ3n) is 2.48. The summed E-state index contributed by atoms with van der Waals surface area (Å²) in [5.41, 5.74) is -0.420. The van der Waals surface area contributed by atoms with Crippen LogP contribution >= 0.6 is 11.3 Å². The highest BCUT2D eigenvalue weighted by Crippen LogP contribution is 2.38. The molecule has 7 nitrogen and oxygen atoms in total. The summed E-state index contributed by atoms with van der Waals surface area (Å²) < 4.78 is 26.0. The van der Waals surface area contributed by atoms with Crippen molar-refractivity contribution in [2.75, 3.05) is 26.0 Å². The fraction of sp³-hybridized carbons (Fsp3) is 0.636. The third kappa shape index (κ3) is 3.68. The summed E-state index contributed by atoms with van der Waals surface area (Å²) >= 11 is 0.867. The number of nitro groups is 1. The molecule has 0 amide bonds. The lowest BCUT2D eigenvalue weighted by molar-refractivity contribution is -0.383. The van der Waals surface area contributed by atoms with Crippen molar-refractivity contribution in [3.8, 4) is 0 Å². The summed E-state index contributed by atoms with van der Waals surface area (Å²) in [6.45, 7) is 6.11. The molecule has 0 spiro atoms. The highest BCUT2D eigenvalue weighted by Gasteiger charge is 2.30. The van der Waals surface area contributed by atoms with Crippen LogP contribution in [0.15, 0.2) is 10.3 Å². The van der Waals surface area contributed by atoms with Gasteiger partial charge in [0, 0.05) is 26.7 Å². The predicted molar refractivity (Wildman–Crippen MR) is 79.8 cm³/mol. The zero-order valence-electron chi connectivity index (χ0n) is 12.1. The van der Waals surface area contributed by atoms with Gasteiger partial charge in [0.15, 0.2) is 5.00 Å². The van der Waals surface area contributed by atoms with E-state index in [1.54, 1.807) is 0 Å². The summed E-state index contributed by atoms with van der Waals surface area (Å²) in [4.78, 5) is 10.3. The zero-order valence-corrected chi connectivity index (χ0v) is 13.8. The quantitative estimate of drug-likeness (QED) is 0.664. The summed E-state index contributed by atoms with van der Waals surface area (Å²) in [6.07, 6.45) is 0. The molecule has 1 aromatic heterocycles. The van der Waals surface area contributed by atoms with Crippen molar-refractivity contribution in [3.05, 3.63) is 16.2 Å². The largest absolute Gasteiger partial charge is 0.374 e. The third-order valence-corrected chi connectivity index (χ3v) is 5.87. The Hall–Kier alpha value is -1.19. The maximum absolute atomic E-state index is 12.4. The Morgan fingerprint density at radius 2 is 2.00 bits per heavy atom. The van der Waals surface area contributed by atoms with Gasteiger partial charge in [-0.05, 0) is 5.41 Å². The van der Waals surface area contributed by atoms with Gasteiger partial charge in [0.1, 0.15) is 4.21 Å². The van der Waals surface area contributed by atoms with Crippen LogP contribution in [0, 0.1) is 15.5 Å². The maximum Gasteiger partial charge on any atom is 0.304 e. The average Bonchev–Trinajstić information content (AvgIpc) is 2.70. The van der Waals surface area contributed by atoms with Crippen LogP contribution in [0.2, 0.25) is 0 Å². The first-order chi connectivity index (χ1) is 8.99. The molecular formula is C11H19N3O4S2. The van der Waals surface area contributed by atoms with Crippen molar-refractivity contribution in [1.82, 2.24) is 4.31 Å². The molecule has 0 fully saturated rings. The van der Waals surface area contributed by atoms with Gasteiger partial charge in [-0.1, -0.05) is 32.1 Å². The molecule has 1 aromatic rings. The van der Waals surface area contributed by atoms with E-state index < -0.39 is 14.9 Å². The monoisotopic (exact) mass is 321 g/mol. The van der Waals surface area contributed by atoms with E-state index in [1.807, 2.05) is 20.8 Å². The van der Waals surface area contributed by atoms with E-state index in [2.05, 4.69) is 5.32 Å². The molecule has 0 aliphatic carbocycles. The topological polar surface area (TPSA) is 92.6 Å². The second kappa shape index (κ2) is 5.66. The van der Waals surface area contributed by atoms with Crippen LogP contribution in [0.3, 0.4) is 0 Å². The van der Waals surface area contributed by atoms with Gasteiger partial charge in [0.05, 0.1) is 4.92 Å². The molecule has 9 heteroatoms. The second-order valence-electron chi connectivity index (χ2n) is 5.61. The van der Waals surface area contributed by atoms with Crippen molar-refractivity contribution < 1.29 is 13.3 Å². The molecule has 0 bridgehead atoms. The first-order valence-electron chi connectivity index (χ1n) is 5.91. The van der Waals surface area contributed by atoms with Crippen molar-refractivity contribution in [1.29, 1.82) is 0 Å². The molecule has 0 saturated heterocycles. The average molecular weight is 321 g/mol. The van der Waals surface area contributed by atoms with Crippen LogP contribution in [0.25, 0.3) is 0 Å². The summed E-state index contributed by atoms with van der Waals surface area (Å²) in [5, 5.41) is 13.8. The number of rotatable bonds is 5. The Morgan fingerprint density at radius 3 is 2.35 bits per heavy atom. The van der Waals surface area contributed by atoms with Gasteiger partial charge >= 0.3 is 5.69 Å². The van der Waals surface area contributed by atoms with E-state index in [0.29, 0.717) is 6.54 Å². The van der Waals surface area contributed by atoms with Gasteiger partial charge in [-0.3, -0.25) is 10.1 Å². The van der Waals surface area contributed by atoms with E-state index in [4.69, 9.17) is 0 Å². The SMILES string of the molecule is CNc1sc(S(=O)(=O)N(C)CC(C)(C)C)cc1[N+](=O)[O-]. The molecule has 1 heterocycles. The molecule has 0 aromatic carbocycles. The minimum Gasteiger partial charge on any atom is -0.374 e. The number of thiophene rings is 1. The molecule has 0 aliphatic heterocycles. The number of anilines is 1. The summed E-state index contributed by atoms with van der Waals surface area (Å²) in [6, 6.07) is 1.10. The van der Waals surface area contributed by atoms with Gasteiger partial charge in [-0.15, -0.1) is 0 Å². The fourth-order valence-corrected chi connectivity index (χ4v) is 4.60. The number of nitrogens with zero attached hydrogens (tertiary/aromatic N) is 2. The molecule has 0 atom stereocenters. The number of hydrogen-bond acceptors (Lipinski definition) is 6. The van der Waals surface area contributed by atoms with E-state index >= 15 is 0 Å². The first-order valence-corrected chi connectivity index (χ1v) is 8.17. The standard InChI is InChI=1S/C11H19N3O4S2/c1-11(2,3)7-13(5)20(17,18)9-6-8(14(15)16)10(12-4)19-9/h6,12H,7H2,1-5H3. The Labute approximate surface area is 122 Å². The lowest BCUT2D eigenvalue weighted by atomic mass is 9.97. The molecule has 0 unspecified atom stereocenters. The van der Waals surface area contributed by atoms with E-state index in [0.717, 1.165) is 17.4 Å². The van der Waals surface area contributed by atoms with Gasteiger partial charge < -0.3 is 5.32 Å². The van der Waals surface area contributed by atoms with Gasteiger partial charge in [-0.2, -0.15) is 4.31 Å². The maximum atomic E-state index is 12.4. The molecule has 114 valence electrons. The smallest absolute Gasteiger partial charge is 0.304 e. The van der Waals surface area contributed by atoms with Crippen LogP contribution in [0.4, 0.5) is 10.7 Å². The second-order valence-corrected chi connectivity index (χ2v) is 8.93. The molecule has 1 N–H and O–H groups in total. The molecule has 0 aliphatic rings. The Balaban J connectivity index is 3.19. The van der Waals surface area contributed by atoms with Gasteiger partial charge in [0.25, 0.3) is 10.0 Å². The Bertz CT molecular complexity index is 602. The Morgan fingerprint density at radius 1 is 1.45 bits per heavy atom. The zero-order chi connectivity index (χ0) is 15.7. The molecule has 0 saturated carbocycles. The predicted octanol–water partition coefficient (Wildman–Crippen LogP) is 2.36. The van der Waals surface area contributed by atoms with E-state index in [1.165, 1.54) is 18.4 Å². The molecular weight excluding hydrogens is 302 g/mol. The van der Waals surface area contributed by atoms with E-state index in [-0.39, 0.29) is 20.3 Å². The van der Waals surface area contributed by atoms with Gasteiger partial charge in [-0.25, -0.2) is 8.42 Å². The highest BCUT2D eigenvalue weighted by molar-refractivity contribution is 7.91. The minimum atomic E-state index is -3.71. The molecule has 20 heavy (non-hydrogen) atoms. The van der Waals surface area contributed by atoms with Crippen LogP contribution in [-0.4, -0.2) is 38.3 Å². The lowest BCUT2D eigenvalue weighted by Gasteiger charge is -2.25. The highest BCUT2D eigenvalue weighted by atomic mass is 32.2. The first kappa shape index (κ1) is 16.9. The van der Waals surface area contributed by atoms with Crippen LogP contribution in [0.5, 0.6) is 0 Å². The summed E-state index contributed by atoms with van der Waals surface area (Å²) in [5.74, 6) is 0. The minimum absolute atomic E-state index is 0.0275. The van der Waals surface area contributed by atoms with Crippen molar-refractivity contribution in [3.63, 3.8) is 0 Å². The van der Waals surface area contributed by atoms with Crippen molar-refractivity contribution >= 4 is 32.0 Å². The summed E-state index contributed by atoms with van der Waals surface area (Å²) in [7, 11) is -0.711. The van der Waals surface area contributed by atoms with Crippen LogP contribution in [0.1, 0.15) is 20.8 Å². The van der Waals surface area contributed by atoms with Crippen molar-refractivity contribution in [2.24, 2.45) is 5.41 Å². The molecule has 1 rings (SSSR count). The van der Waals surface area contributed by atoms with E-state index in [9.17, 15) is 18.5 Å². The van der Waals surface area contributed by atoms with Crippen molar-refractivity contribution in [2.45, 2.75) is 25.0 Å². The Kier molecular flexibility index (Phi) is 4.78. The number of sulfonamides is 1. The van der Waals surface area contributed by atoms with Crippen LogP contribution < -0.4 is 5.32 Å². The number of nitrogens with one attached hydrogen (secondary N) is 1. The number of hydrogen-bond donors (Lipinski definition) is 1. The lowest BCUT2D eigenvalue weighted by Crippen LogP contribution is -2.34.